The molecule has 0 spiro atoms. The summed E-state index contributed by atoms with van der Waals surface area (Å²) >= 11 is 0. The molecule has 0 saturated heterocycles. The van der Waals surface area contributed by atoms with E-state index in [1.54, 1.807) is 20.8 Å². The third kappa shape index (κ3) is 2.94. The smallest absolute Gasteiger partial charge is 0.229 e. The van der Waals surface area contributed by atoms with Gasteiger partial charge >= 0.3 is 0 Å². The van der Waals surface area contributed by atoms with Crippen molar-refractivity contribution in [2.24, 2.45) is 5.41 Å². The van der Waals surface area contributed by atoms with Gasteiger partial charge in [0, 0.05) is 5.41 Å². The Bertz CT molecular complexity index is 383. The van der Waals surface area contributed by atoms with Crippen LogP contribution in [0.3, 0.4) is 0 Å². The molecular formula is C11H15FN2O. The van der Waals surface area contributed by atoms with E-state index in [4.69, 9.17) is 5.73 Å². The van der Waals surface area contributed by atoms with E-state index in [1.165, 1.54) is 18.2 Å². The van der Waals surface area contributed by atoms with E-state index < -0.39 is 11.2 Å². The maximum absolute atomic E-state index is 12.9. The Kier molecular flexibility index (Phi) is 2.98. The minimum Gasteiger partial charge on any atom is -0.397 e. The summed E-state index contributed by atoms with van der Waals surface area (Å²) in [5.74, 6) is -0.617. The number of hydrogen-bond donors (Lipinski definition) is 2. The molecule has 82 valence electrons. The maximum Gasteiger partial charge on any atom is 0.229 e. The number of amides is 1. The lowest BCUT2D eigenvalue weighted by Gasteiger charge is -2.18. The largest absolute Gasteiger partial charge is 0.397 e. The summed E-state index contributed by atoms with van der Waals surface area (Å²) in [7, 11) is 0. The van der Waals surface area contributed by atoms with Crippen molar-refractivity contribution in [3.05, 3.63) is 24.0 Å². The second-order valence-corrected chi connectivity index (χ2v) is 4.44. The molecule has 0 heterocycles. The molecule has 15 heavy (non-hydrogen) atoms. The summed E-state index contributed by atoms with van der Waals surface area (Å²) in [5.41, 5.74) is 5.74. The number of carbonyl (C=O) groups is 1. The summed E-state index contributed by atoms with van der Waals surface area (Å²) in [4.78, 5) is 11.6. The molecule has 0 aliphatic carbocycles. The number of anilines is 2. The van der Waals surface area contributed by atoms with Crippen molar-refractivity contribution in [1.29, 1.82) is 0 Å². The van der Waals surface area contributed by atoms with Gasteiger partial charge in [0.25, 0.3) is 0 Å². The molecule has 0 fully saturated rings. The van der Waals surface area contributed by atoms with Crippen LogP contribution < -0.4 is 11.1 Å². The van der Waals surface area contributed by atoms with Crippen molar-refractivity contribution in [1.82, 2.24) is 0 Å². The van der Waals surface area contributed by atoms with Crippen LogP contribution in [0.15, 0.2) is 18.2 Å². The first-order chi connectivity index (χ1) is 6.80. The number of benzene rings is 1. The Balaban J connectivity index is 2.90. The lowest BCUT2D eigenvalue weighted by Crippen LogP contribution is -2.28. The van der Waals surface area contributed by atoms with Crippen molar-refractivity contribution < 1.29 is 9.18 Å². The van der Waals surface area contributed by atoms with Crippen LogP contribution in [0.1, 0.15) is 20.8 Å². The summed E-state index contributed by atoms with van der Waals surface area (Å²) in [5, 5.41) is 2.59. The number of carbonyl (C=O) groups excluding carboxylic acids is 1. The summed E-state index contributed by atoms with van der Waals surface area (Å²) in [6.45, 7) is 5.33. The van der Waals surface area contributed by atoms with Crippen LogP contribution >= 0.6 is 0 Å². The van der Waals surface area contributed by atoms with E-state index >= 15 is 0 Å². The van der Waals surface area contributed by atoms with E-state index in [2.05, 4.69) is 5.32 Å². The van der Waals surface area contributed by atoms with Crippen LogP contribution in [0.4, 0.5) is 15.8 Å². The van der Waals surface area contributed by atoms with Crippen molar-refractivity contribution in [2.75, 3.05) is 11.1 Å². The molecule has 4 heteroatoms. The fourth-order valence-corrected chi connectivity index (χ4v) is 0.947. The Morgan fingerprint density at radius 2 is 2.00 bits per heavy atom. The third-order valence-electron chi connectivity index (χ3n) is 1.94. The molecule has 0 atom stereocenters. The average Bonchev–Trinajstić information content (AvgIpc) is 2.09. The minimum absolute atomic E-state index is 0.195. The van der Waals surface area contributed by atoms with Crippen LogP contribution in [0, 0.1) is 11.2 Å². The Morgan fingerprint density at radius 1 is 1.40 bits per heavy atom. The van der Waals surface area contributed by atoms with Gasteiger partial charge < -0.3 is 11.1 Å². The van der Waals surface area contributed by atoms with Crippen molar-refractivity contribution in [2.45, 2.75) is 20.8 Å². The van der Waals surface area contributed by atoms with Crippen molar-refractivity contribution in [3.63, 3.8) is 0 Å². The zero-order chi connectivity index (χ0) is 11.6. The van der Waals surface area contributed by atoms with Gasteiger partial charge in [-0.2, -0.15) is 0 Å². The van der Waals surface area contributed by atoms with Gasteiger partial charge in [-0.3, -0.25) is 4.79 Å². The number of nitrogens with one attached hydrogen (secondary N) is 1. The molecular weight excluding hydrogens is 195 g/mol. The van der Waals surface area contributed by atoms with Crippen molar-refractivity contribution >= 4 is 17.3 Å². The molecule has 1 aromatic rings. The molecule has 0 aliphatic heterocycles. The highest BCUT2D eigenvalue weighted by Crippen LogP contribution is 2.22. The van der Waals surface area contributed by atoms with Gasteiger partial charge in [0.15, 0.2) is 0 Å². The van der Waals surface area contributed by atoms with Gasteiger partial charge in [0.05, 0.1) is 11.4 Å². The highest BCUT2D eigenvalue weighted by atomic mass is 19.1. The van der Waals surface area contributed by atoms with Crippen LogP contribution in [-0.4, -0.2) is 5.91 Å². The van der Waals surface area contributed by atoms with Crippen LogP contribution in [0.25, 0.3) is 0 Å². The molecule has 1 amide bonds. The van der Waals surface area contributed by atoms with Gasteiger partial charge in [-0.1, -0.05) is 20.8 Å². The van der Waals surface area contributed by atoms with E-state index in [0.717, 1.165) is 0 Å². The average molecular weight is 210 g/mol. The molecule has 0 unspecified atom stereocenters. The Labute approximate surface area is 88.5 Å². The molecule has 0 bridgehead atoms. The molecule has 0 radical (unpaired) electrons. The number of nitrogen functional groups attached to an aromatic ring is 1. The third-order valence-corrected chi connectivity index (χ3v) is 1.94. The first kappa shape index (κ1) is 11.5. The van der Waals surface area contributed by atoms with Gasteiger partial charge in [0.1, 0.15) is 5.82 Å². The fourth-order valence-electron chi connectivity index (χ4n) is 0.947. The van der Waals surface area contributed by atoms with E-state index in [-0.39, 0.29) is 5.91 Å². The minimum atomic E-state index is -0.529. The molecule has 3 nitrogen and oxygen atoms in total. The number of rotatable bonds is 1. The highest BCUT2D eigenvalue weighted by Gasteiger charge is 2.21. The maximum atomic E-state index is 12.9. The molecule has 3 N–H and O–H groups in total. The molecule has 0 saturated carbocycles. The normalized spacial score (nSPS) is 11.2. The SMILES string of the molecule is CC(C)(C)C(=O)Nc1cc(F)ccc1N. The van der Waals surface area contributed by atoms with E-state index in [9.17, 15) is 9.18 Å². The summed E-state index contributed by atoms with van der Waals surface area (Å²) in [6.07, 6.45) is 0. The van der Waals surface area contributed by atoms with Crippen molar-refractivity contribution in [3.8, 4) is 0 Å². The zero-order valence-corrected chi connectivity index (χ0v) is 9.10. The Morgan fingerprint density at radius 3 is 2.53 bits per heavy atom. The van der Waals surface area contributed by atoms with Gasteiger partial charge in [-0.15, -0.1) is 0 Å². The topological polar surface area (TPSA) is 55.1 Å². The van der Waals surface area contributed by atoms with Crippen LogP contribution in [0.2, 0.25) is 0 Å². The first-order valence-electron chi connectivity index (χ1n) is 4.67. The monoisotopic (exact) mass is 210 g/mol. The quantitative estimate of drug-likeness (QED) is 0.699. The lowest BCUT2D eigenvalue weighted by molar-refractivity contribution is -0.123. The predicted molar refractivity (Wildman–Crippen MR) is 58.9 cm³/mol. The molecule has 1 rings (SSSR count). The highest BCUT2D eigenvalue weighted by molar-refractivity contribution is 5.96. The predicted octanol–water partition coefficient (Wildman–Crippen LogP) is 2.39. The van der Waals surface area contributed by atoms with E-state index in [1.807, 2.05) is 0 Å². The number of halogens is 1. The fraction of sp³-hybridized carbons (Fsp3) is 0.364. The standard InChI is InChI=1S/C11H15FN2O/c1-11(2,3)10(15)14-9-6-7(12)4-5-8(9)13/h4-6H,13H2,1-3H3,(H,14,15). The molecule has 0 aromatic heterocycles. The summed E-state index contributed by atoms with van der Waals surface area (Å²) in [6, 6.07) is 3.88. The van der Waals surface area contributed by atoms with Gasteiger partial charge in [-0.05, 0) is 18.2 Å². The van der Waals surface area contributed by atoms with E-state index in [0.29, 0.717) is 11.4 Å². The number of nitrogens with two attached hydrogens (primary N) is 1. The zero-order valence-electron chi connectivity index (χ0n) is 9.10. The first-order valence-corrected chi connectivity index (χ1v) is 4.67. The van der Waals surface area contributed by atoms with Crippen LogP contribution in [0.5, 0.6) is 0 Å². The molecule has 1 aromatic carbocycles. The number of hydrogen-bond acceptors (Lipinski definition) is 2. The van der Waals surface area contributed by atoms with Gasteiger partial charge in [-0.25, -0.2) is 4.39 Å². The second kappa shape index (κ2) is 3.88. The summed E-state index contributed by atoms with van der Waals surface area (Å²) < 4.78 is 12.9. The second-order valence-electron chi connectivity index (χ2n) is 4.44. The molecule has 0 aliphatic rings. The lowest BCUT2D eigenvalue weighted by atomic mass is 9.95. The Hall–Kier alpha value is -1.58. The van der Waals surface area contributed by atoms with Gasteiger partial charge in [0.2, 0.25) is 5.91 Å². The van der Waals surface area contributed by atoms with Crippen LogP contribution in [-0.2, 0) is 4.79 Å².